The minimum Gasteiger partial charge on any atom is -0.0654 e. The highest BCUT2D eigenvalue weighted by molar-refractivity contribution is 4.98. The van der Waals surface area contributed by atoms with E-state index < -0.39 is 0 Å². The van der Waals surface area contributed by atoms with Gasteiger partial charge >= 0.3 is 0 Å². The molecule has 0 aromatic carbocycles. The Morgan fingerprint density at radius 3 is 0.304 bits per heavy atom. The molecule has 0 fully saturated rings. The lowest BCUT2D eigenvalue weighted by Crippen LogP contribution is -2.43. The van der Waals surface area contributed by atoms with Gasteiger partial charge in [-0.2, -0.15) is 0 Å². The second-order valence-electron chi connectivity index (χ2n) is 24.4. The van der Waals surface area contributed by atoms with E-state index in [2.05, 4.69) is 41.5 Å². The molecular formula is C69H140. The highest BCUT2D eigenvalue weighted by atomic mass is 14.5. The summed E-state index contributed by atoms with van der Waals surface area (Å²) in [6.45, 7) is 14.2. The van der Waals surface area contributed by atoms with Gasteiger partial charge in [0.1, 0.15) is 0 Å². The van der Waals surface area contributed by atoms with Crippen molar-refractivity contribution in [2.45, 2.75) is 433 Å². The lowest BCUT2D eigenvalue weighted by molar-refractivity contribution is -0.0310. The Morgan fingerprint density at radius 2 is 0.203 bits per heavy atom. The van der Waals surface area contributed by atoms with Crippen LogP contribution in [-0.2, 0) is 0 Å². The van der Waals surface area contributed by atoms with Crippen LogP contribution in [0.2, 0.25) is 0 Å². The second-order valence-corrected chi connectivity index (χ2v) is 24.4. The molecule has 0 radical (unpaired) electrons. The third kappa shape index (κ3) is 44.1. The summed E-state index contributed by atoms with van der Waals surface area (Å²) in [5.74, 6) is 0. The van der Waals surface area contributed by atoms with E-state index in [9.17, 15) is 0 Å². The van der Waals surface area contributed by atoms with Gasteiger partial charge in [-0.25, -0.2) is 0 Å². The van der Waals surface area contributed by atoms with Gasteiger partial charge in [-0.3, -0.25) is 0 Å². The fraction of sp³-hybridized carbons (Fsp3) is 1.00. The molecule has 69 heavy (non-hydrogen) atoms. The van der Waals surface area contributed by atoms with E-state index in [1.54, 1.807) is 38.5 Å². The largest absolute Gasteiger partial charge is 0.0654 e. The molecule has 0 aromatic rings. The van der Waals surface area contributed by atoms with Gasteiger partial charge < -0.3 is 0 Å². The maximum atomic E-state index is 2.39. The first-order valence-corrected chi connectivity index (χ1v) is 34.1. The van der Waals surface area contributed by atoms with Crippen LogP contribution >= 0.6 is 0 Å². The van der Waals surface area contributed by atoms with Crippen LogP contribution < -0.4 is 0 Å². The van der Waals surface area contributed by atoms with E-state index in [0.717, 1.165) is 0 Å². The van der Waals surface area contributed by atoms with Gasteiger partial charge in [0.15, 0.2) is 0 Å². The van der Waals surface area contributed by atoms with E-state index in [1.165, 1.54) is 353 Å². The molecule has 0 N–H and O–H groups in total. The molecule has 0 saturated carbocycles. The zero-order valence-corrected chi connectivity index (χ0v) is 50.1. The van der Waals surface area contributed by atoms with Crippen molar-refractivity contribution in [2.75, 3.05) is 0 Å². The molecule has 0 heterocycles. The van der Waals surface area contributed by atoms with E-state index in [0.29, 0.717) is 10.8 Å². The molecule has 0 saturated heterocycles. The van der Waals surface area contributed by atoms with Gasteiger partial charge in [-0.1, -0.05) is 395 Å². The Morgan fingerprint density at radius 1 is 0.116 bits per heavy atom. The van der Waals surface area contributed by atoms with Crippen LogP contribution in [0.4, 0.5) is 0 Å². The molecule has 0 bridgehead atoms. The second kappa shape index (κ2) is 57.3. The van der Waals surface area contributed by atoms with Crippen molar-refractivity contribution in [3.8, 4) is 0 Å². The molecule has 0 spiro atoms. The minimum absolute atomic E-state index is 0.566. The Bertz CT molecular complexity index is 904. The SMILES string of the molecule is CCCCCCCCCCCCCC(CCCCCCCCCCC)(CCCCCCCCCCCC)C(CCCCCCCCC)(CCCCCCCCCC)CCCCCCCCCCCC. The monoisotopic (exact) mass is 969 g/mol. The van der Waals surface area contributed by atoms with Crippen LogP contribution in [0.1, 0.15) is 433 Å². The molecule has 0 rings (SSSR count). The number of hydrogen-bond acceptors (Lipinski definition) is 0. The van der Waals surface area contributed by atoms with Gasteiger partial charge in [0, 0.05) is 0 Å². The van der Waals surface area contributed by atoms with Crippen LogP contribution in [0.5, 0.6) is 0 Å². The smallest absolute Gasteiger partial charge is 0.0241 e. The van der Waals surface area contributed by atoms with Gasteiger partial charge in [-0.15, -0.1) is 0 Å². The summed E-state index contributed by atoms with van der Waals surface area (Å²) in [5.41, 5.74) is 1.13. The fourth-order valence-electron chi connectivity index (χ4n) is 13.2. The summed E-state index contributed by atoms with van der Waals surface area (Å²) in [7, 11) is 0. The Labute approximate surface area is 442 Å². The molecule has 0 aromatic heterocycles. The Hall–Kier alpha value is 0. The molecule has 416 valence electrons. The molecule has 0 nitrogen and oxygen atoms in total. The average Bonchev–Trinajstić information content (AvgIpc) is 3.36. The van der Waals surface area contributed by atoms with E-state index in [-0.39, 0.29) is 0 Å². The van der Waals surface area contributed by atoms with Crippen molar-refractivity contribution in [2.24, 2.45) is 10.8 Å². The van der Waals surface area contributed by atoms with Crippen molar-refractivity contribution >= 4 is 0 Å². The van der Waals surface area contributed by atoms with Crippen molar-refractivity contribution < 1.29 is 0 Å². The quantitative estimate of drug-likeness (QED) is 0.0533. The molecule has 0 heteroatoms. The molecular weight excluding hydrogens is 829 g/mol. The Balaban J connectivity index is 6.67. The third-order valence-corrected chi connectivity index (χ3v) is 17.9. The van der Waals surface area contributed by atoms with Crippen molar-refractivity contribution in [3.05, 3.63) is 0 Å². The van der Waals surface area contributed by atoms with Crippen LogP contribution in [0.25, 0.3) is 0 Å². The van der Waals surface area contributed by atoms with Crippen LogP contribution in [0.15, 0.2) is 0 Å². The zero-order valence-electron chi connectivity index (χ0n) is 50.1. The van der Waals surface area contributed by atoms with E-state index in [1.807, 2.05) is 0 Å². The standard InChI is InChI=1S/C69H140/c1-7-13-19-25-31-36-39-43-49-55-61-67-69(64-58-52-46-40-34-28-22-16-10-4,66-60-54-48-42-38-33-27-21-15-9-3)68(62-56-50-44-30-24-18-12-6,63-57-51-45-35-29-23-17-11-5)65-59-53-47-41-37-32-26-20-14-8-2/h7-67H2,1-6H3. The average molecular weight is 970 g/mol. The predicted molar refractivity (Wildman–Crippen MR) is 321 cm³/mol. The van der Waals surface area contributed by atoms with Crippen molar-refractivity contribution in [1.29, 1.82) is 0 Å². The molecule has 2 atom stereocenters. The third-order valence-electron chi connectivity index (χ3n) is 17.9. The number of unbranched alkanes of at least 4 members (excludes halogenated alkanes) is 49. The first-order chi connectivity index (χ1) is 34.1. The summed E-state index contributed by atoms with van der Waals surface area (Å²) >= 11 is 0. The van der Waals surface area contributed by atoms with Crippen molar-refractivity contribution in [3.63, 3.8) is 0 Å². The Kier molecular flexibility index (Phi) is 57.3. The van der Waals surface area contributed by atoms with E-state index in [4.69, 9.17) is 0 Å². The summed E-state index contributed by atoms with van der Waals surface area (Å²) in [6, 6.07) is 0. The van der Waals surface area contributed by atoms with Crippen LogP contribution in [0, 0.1) is 10.8 Å². The molecule has 0 aliphatic carbocycles. The molecule has 0 amide bonds. The van der Waals surface area contributed by atoms with Gasteiger partial charge in [0.2, 0.25) is 0 Å². The molecule has 0 aliphatic rings. The topological polar surface area (TPSA) is 0 Å². The molecule has 0 aliphatic heterocycles. The molecule has 2 unspecified atom stereocenters. The number of hydrogen-bond donors (Lipinski definition) is 0. The van der Waals surface area contributed by atoms with Crippen LogP contribution in [0.3, 0.4) is 0 Å². The van der Waals surface area contributed by atoms with Crippen LogP contribution in [-0.4, -0.2) is 0 Å². The highest BCUT2D eigenvalue weighted by Crippen LogP contribution is 2.59. The first-order valence-electron chi connectivity index (χ1n) is 34.1. The van der Waals surface area contributed by atoms with E-state index >= 15 is 0 Å². The summed E-state index contributed by atoms with van der Waals surface area (Å²) in [4.78, 5) is 0. The maximum Gasteiger partial charge on any atom is -0.0241 e. The number of rotatable bonds is 62. The van der Waals surface area contributed by atoms with Crippen molar-refractivity contribution in [1.82, 2.24) is 0 Å². The normalized spacial score (nSPS) is 13.7. The van der Waals surface area contributed by atoms with Gasteiger partial charge in [0.05, 0.1) is 0 Å². The summed E-state index contributed by atoms with van der Waals surface area (Å²) < 4.78 is 0. The highest BCUT2D eigenvalue weighted by Gasteiger charge is 2.48. The maximum absolute atomic E-state index is 2.39. The zero-order chi connectivity index (χ0) is 50.1. The summed E-state index contributed by atoms with van der Waals surface area (Å²) in [6.07, 6.45) is 90.6. The lowest BCUT2D eigenvalue weighted by Gasteiger charge is -2.53. The summed E-state index contributed by atoms with van der Waals surface area (Å²) in [5, 5.41) is 0. The predicted octanol–water partition coefficient (Wildman–Crippen LogP) is 26.9. The lowest BCUT2D eigenvalue weighted by atomic mass is 9.51. The van der Waals surface area contributed by atoms with Gasteiger partial charge in [-0.05, 0) is 49.4 Å². The fourth-order valence-corrected chi connectivity index (χ4v) is 13.2. The first kappa shape index (κ1) is 69.0. The van der Waals surface area contributed by atoms with Gasteiger partial charge in [0.25, 0.3) is 0 Å². The minimum atomic E-state index is 0.566.